The van der Waals surface area contributed by atoms with Crippen LogP contribution in [0.2, 0.25) is 5.02 Å². The van der Waals surface area contributed by atoms with E-state index < -0.39 is 5.97 Å². The zero-order chi connectivity index (χ0) is 14.3. The average molecular weight is 307 g/mol. The molecule has 3 aromatic rings. The number of carboxylic acids is 1. The van der Waals surface area contributed by atoms with Gasteiger partial charge >= 0.3 is 5.97 Å². The molecular formula is C14H11ClN2O2S. The van der Waals surface area contributed by atoms with E-state index in [2.05, 4.69) is 4.98 Å². The molecule has 0 atom stereocenters. The molecule has 0 radical (unpaired) electrons. The summed E-state index contributed by atoms with van der Waals surface area (Å²) in [4.78, 5) is 16.3. The third-order valence-corrected chi connectivity index (χ3v) is 4.24. The maximum Gasteiger partial charge on any atom is 0.309 e. The third kappa shape index (κ3) is 2.19. The number of rotatable bonds is 3. The van der Waals surface area contributed by atoms with Gasteiger partial charge < -0.3 is 5.11 Å². The number of carboxylic acid groups (broad SMARTS) is 1. The van der Waals surface area contributed by atoms with Crippen LogP contribution in [0.15, 0.2) is 29.6 Å². The molecule has 0 saturated heterocycles. The molecule has 0 aliphatic carbocycles. The van der Waals surface area contributed by atoms with Gasteiger partial charge in [-0.15, -0.1) is 11.3 Å². The molecule has 0 spiro atoms. The smallest absolute Gasteiger partial charge is 0.309 e. The fourth-order valence-corrected chi connectivity index (χ4v) is 3.28. The number of carbonyl (C=O) groups is 1. The van der Waals surface area contributed by atoms with E-state index in [1.807, 2.05) is 41.0 Å². The molecule has 0 unspecified atom stereocenters. The van der Waals surface area contributed by atoms with Crippen LogP contribution in [0.3, 0.4) is 0 Å². The quantitative estimate of drug-likeness (QED) is 0.803. The number of aliphatic carboxylic acids is 1. The fraction of sp³-hybridized carbons (Fsp3) is 0.143. The Morgan fingerprint density at radius 2 is 2.10 bits per heavy atom. The molecule has 1 aromatic carbocycles. The first-order valence-corrected chi connectivity index (χ1v) is 7.25. The van der Waals surface area contributed by atoms with Crippen LogP contribution in [-0.4, -0.2) is 20.5 Å². The van der Waals surface area contributed by atoms with Gasteiger partial charge in [0.2, 0.25) is 0 Å². The number of nitrogens with zero attached hydrogens (tertiary/aromatic N) is 2. The van der Waals surface area contributed by atoms with E-state index in [-0.39, 0.29) is 6.42 Å². The van der Waals surface area contributed by atoms with E-state index in [0.29, 0.717) is 5.02 Å². The van der Waals surface area contributed by atoms with Crippen molar-refractivity contribution in [2.45, 2.75) is 13.3 Å². The predicted molar refractivity (Wildman–Crippen MR) is 79.6 cm³/mol. The van der Waals surface area contributed by atoms with Crippen LogP contribution in [0, 0.1) is 6.92 Å². The molecule has 6 heteroatoms. The van der Waals surface area contributed by atoms with Crippen molar-refractivity contribution in [1.29, 1.82) is 0 Å². The first-order valence-electron chi connectivity index (χ1n) is 5.99. The highest BCUT2D eigenvalue weighted by atomic mass is 35.5. The normalized spacial score (nSPS) is 11.1. The summed E-state index contributed by atoms with van der Waals surface area (Å²) in [6.45, 7) is 1.95. The number of thiazole rings is 1. The topological polar surface area (TPSA) is 54.6 Å². The summed E-state index contributed by atoms with van der Waals surface area (Å²) < 4.78 is 1.91. The summed E-state index contributed by atoms with van der Waals surface area (Å²) in [6.07, 6.45) is -0.00272. The van der Waals surface area contributed by atoms with Crippen LogP contribution in [0.25, 0.3) is 16.2 Å². The molecule has 20 heavy (non-hydrogen) atoms. The Morgan fingerprint density at radius 3 is 2.75 bits per heavy atom. The third-order valence-electron chi connectivity index (χ3n) is 3.11. The van der Waals surface area contributed by atoms with Crippen molar-refractivity contribution < 1.29 is 9.90 Å². The Bertz CT molecular complexity index is 789. The molecule has 0 aliphatic heterocycles. The van der Waals surface area contributed by atoms with Gasteiger partial charge in [0.15, 0.2) is 4.96 Å². The molecule has 102 valence electrons. The Balaban J connectivity index is 2.14. The molecule has 2 aromatic heterocycles. The second-order valence-electron chi connectivity index (χ2n) is 4.47. The van der Waals surface area contributed by atoms with E-state index in [4.69, 9.17) is 16.7 Å². The van der Waals surface area contributed by atoms with E-state index in [1.165, 1.54) is 11.3 Å². The fourth-order valence-electron chi connectivity index (χ4n) is 2.22. The molecule has 0 fully saturated rings. The van der Waals surface area contributed by atoms with E-state index in [0.717, 1.165) is 27.6 Å². The minimum Gasteiger partial charge on any atom is -0.481 e. The number of hydrogen-bond donors (Lipinski definition) is 1. The Kier molecular flexibility index (Phi) is 3.23. The molecule has 2 heterocycles. The second-order valence-corrected chi connectivity index (χ2v) is 5.74. The highest BCUT2D eigenvalue weighted by Gasteiger charge is 2.16. The Labute approximate surface area is 124 Å². The lowest BCUT2D eigenvalue weighted by Gasteiger charge is -2.01. The number of aryl methyl sites for hydroxylation is 1. The van der Waals surface area contributed by atoms with Crippen molar-refractivity contribution >= 4 is 33.9 Å². The van der Waals surface area contributed by atoms with Crippen molar-refractivity contribution in [2.24, 2.45) is 0 Å². The van der Waals surface area contributed by atoms with Crippen LogP contribution in [0.5, 0.6) is 0 Å². The van der Waals surface area contributed by atoms with Crippen molar-refractivity contribution in [3.63, 3.8) is 0 Å². The van der Waals surface area contributed by atoms with Gasteiger partial charge in [0.1, 0.15) is 0 Å². The van der Waals surface area contributed by atoms with Crippen LogP contribution in [0.1, 0.15) is 11.4 Å². The lowest BCUT2D eigenvalue weighted by atomic mass is 10.1. The minimum atomic E-state index is -0.842. The van der Waals surface area contributed by atoms with Crippen molar-refractivity contribution in [3.05, 3.63) is 46.1 Å². The van der Waals surface area contributed by atoms with Crippen molar-refractivity contribution in [2.75, 3.05) is 0 Å². The minimum absolute atomic E-state index is 0.00272. The lowest BCUT2D eigenvalue weighted by Crippen LogP contribution is -2.03. The Hall–Kier alpha value is -1.85. The van der Waals surface area contributed by atoms with E-state index >= 15 is 0 Å². The van der Waals surface area contributed by atoms with E-state index in [1.54, 1.807) is 0 Å². The van der Waals surface area contributed by atoms with Gasteiger partial charge in [-0.1, -0.05) is 23.7 Å². The van der Waals surface area contributed by atoms with Crippen LogP contribution < -0.4 is 0 Å². The maximum atomic E-state index is 10.9. The van der Waals surface area contributed by atoms with Gasteiger partial charge in [-0.25, -0.2) is 4.98 Å². The van der Waals surface area contributed by atoms with Gasteiger partial charge in [-0.05, 0) is 19.1 Å². The van der Waals surface area contributed by atoms with Crippen molar-refractivity contribution in [3.8, 4) is 11.3 Å². The molecule has 1 N–H and O–H groups in total. The summed E-state index contributed by atoms with van der Waals surface area (Å²) in [5.74, 6) is -0.842. The second kappa shape index (κ2) is 4.92. The van der Waals surface area contributed by atoms with Crippen LogP contribution in [-0.2, 0) is 11.2 Å². The summed E-state index contributed by atoms with van der Waals surface area (Å²) in [7, 11) is 0. The maximum absolute atomic E-state index is 10.9. The standard InChI is InChI=1S/C14H11ClN2O2S/c1-8-13(9-2-4-10(15)5-3-9)16-14-17(8)11(7-20-14)6-12(18)19/h2-5,7H,6H2,1H3,(H,18,19). The van der Waals surface area contributed by atoms with E-state index in [9.17, 15) is 4.79 Å². The summed E-state index contributed by atoms with van der Waals surface area (Å²) in [5, 5.41) is 11.5. The average Bonchev–Trinajstić information content (AvgIpc) is 2.92. The molecular weight excluding hydrogens is 296 g/mol. The van der Waals surface area contributed by atoms with Crippen molar-refractivity contribution in [1.82, 2.24) is 9.38 Å². The number of benzene rings is 1. The molecule has 0 amide bonds. The zero-order valence-corrected chi connectivity index (χ0v) is 12.2. The first-order chi connectivity index (χ1) is 9.56. The van der Waals surface area contributed by atoms with Gasteiger partial charge in [0, 0.05) is 27.4 Å². The van der Waals surface area contributed by atoms with Gasteiger partial charge in [0.25, 0.3) is 0 Å². The number of fused-ring (bicyclic) bond motifs is 1. The first kappa shape index (κ1) is 13.1. The molecule has 0 aliphatic rings. The Morgan fingerprint density at radius 1 is 1.40 bits per heavy atom. The summed E-state index contributed by atoms with van der Waals surface area (Å²) >= 11 is 7.34. The SMILES string of the molecule is Cc1c(-c2ccc(Cl)cc2)nc2scc(CC(=O)O)n12. The lowest BCUT2D eigenvalue weighted by molar-refractivity contribution is -0.136. The van der Waals surface area contributed by atoms with Crippen LogP contribution in [0.4, 0.5) is 0 Å². The van der Waals surface area contributed by atoms with Gasteiger partial charge in [0.05, 0.1) is 12.1 Å². The van der Waals surface area contributed by atoms with Crippen LogP contribution >= 0.6 is 22.9 Å². The highest BCUT2D eigenvalue weighted by Crippen LogP contribution is 2.28. The largest absolute Gasteiger partial charge is 0.481 e. The molecule has 3 rings (SSSR count). The summed E-state index contributed by atoms with van der Waals surface area (Å²) in [5.41, 5.74) is 3.53. The predicted octanol–water partition coefficient (Wildman–Crippen LogP) is 3.65. The molecule has 0 saturated carbocycles. The number of aromatic nitrogens is 2. The monoisotopic (exact) mass is 306 g/mol. The highest BCUT2D eigenvalue weighted by molar-refractivity contribution is 7.15. The molecule has 4 nitrogen and oxygen atoms in total. The summed E-state index contributed by atoms with van der Waals surface area (Å²) in [6, 6.07) is 7.47. The van der Waals surface area contributed by atoms with Gasteiger partial charge in [-0.3, -0.25) is 9.20 Å². The number of imidazole rings is 1. The van der Waals surface area contributed by atoms with Gasteiger partial charge in [-0.2, -0.15) is 0 Å². The zero-order valence-electron chi connectivity index (χ0n) is 10.6. The molecule has 0 bridgehead atoms. The number of halogens is 1. The number of hydrogen-bond acceptors (Lipinski definition) is 3.